The van der Waals surface area contributed by atoms with Crippen molar-refractivity contribution < 1.29 is 22.7 Å². The monoisotopic (exact) mass is 619 g/mol. The predicted molar refractivity (Wildman–Crippen MR) is 169 cm³/mol. The van der Waals surface area contributed by atoms with Crippen LogP contribution in [-0.2, 0) is 32.6 Å². The Labute approximate surface area is 257 Å². The number of hydrogen-bond acceptors (Lipinski definition) is 5. The van der Waals surface area contributed by atoms with Crippen molar-refractivity contribution in [2.24, 2.45) is 0 Å². The molecule has 1 N–H and O–H groups in total. The average molecular weight is 620 g/mol. The molecule has 0 fully saturated rings. The van der Waals surface area contributed by atoms with E-state index < -0.39 is 34.4 Å². The zero-order valence-electron chi connectivity index (χ0n) is 24.2. The second kappa shape index (κ2) is 14.2. The Kier molecular flexibility index (Phi) is 10.4. The summed E-state index contributed by atoms with van der Waals surface area (Å²) in [6.07, 6.45) is 0.204. The smallest absolute Gasteiger partial charge is 0.264 e. The van der Waals surface area contributed by atoms with Crippen molar-refractivity contribution in [2.45, 2.75) is 30.8 Å². The quantitative estimate of drug-likeness (QED) is 0.234. The van der Waals surface area contributed by atoms with Crippen LogP contribution in [0.4, 0.5) is 5.69 Å². The van der Waals surface area contributed by atoms with E-state index in [9.17, 15) is 18.0 Å². The Hall–Kier alpha value is -4.34. The van der Waals surface area contributed by atoms with Crippen molar-refractivity contribution in [2.75, 3.05) is 25.0 Å². The molecular formula is C33H34ClN3O5S. The number of anilines is 1. The number of rotatable bonds is 12. The number of methoxy groups -OCH3 is 1. The highest BCUT2D eigenvalue weighted by Gasteiger charge is 2.35. The van der Waals surface area contributed by atoms with Gasteiger partial charge < -0.3 is 15.0 Å². The first-order valence-corrected chi connectivity index (χ1v) is 15.5. The fourth-order valence-electron chi connectivity index (χ4n) is 4.72. The molecule has 4 rings (SSSR count). The van der Waals surface area contributed by atoms with E-state index in [1.807, 2.05) is 37.3 Å². The van der Waals surface area contributed by atoms with Crippen molar-refractivity contribution in [1.82, 2.24) is 10.2 Å². The number of nitrogens with one attached hydrogen (secondary N) is 1. The molecule has 10 heteroatoms. The van der Waals surface area contributed by atoms with E-state index in [0.717, 1.165) is 15.4 Å². The minimum atomic E-state index is -4.24. The van der Waals surface area contributed by atoms with Crippen molar-refractivity contribution in [3.05, 3.63) is 125 Å². The Morgan fingerprint density at radius 1 is 0.884 bits per heavy atom. The third-order valence-corrected chi connectivity index (χ3v) is 9.20. The van der Waals surface area contributed by atoms with Crippen LogP contribution in [0.25, 0.3) is 0 Å². The largest absolute Gasteiger partial charge is 0.495 e. The average Bonchev–Trinajstić information content (AvgIpc) is 3.02. The van der Waals surface area contributed by atoms with E-state index in [1.54, 1.807) is 60.7 Å². The maximum atomic E-state index is 14.4. The van der Waals surface area contributed by atoms with Gasteiger partial charge in [-0.15, -0.1) is 0 Å². The summed E-state index contributed by atoms with van der Waals surface area (Å²) in [6, 6.07) is 28.4. The Morgan fingerprint density at radius 2 is 1.51 bits per heavy atom. The minimum absolute atomic E-state index is 0.0154. The number of sulfonamides is 1. The Morgan fingerprint density at radius 3 is 2.16 bits per heavy atom. The van der Waals surface area contributed by atoms with Crippen LogP contribution in [0.1, 0.15) is 16.7 Å². The summed E-state index contributed by atoms with van der Waals surface area (Å²) in [5, 5.41) is 3.09. The molecule has 0 heterocycles. The molecule has 0 unspecified atom stereocenters. The topological polar surface area (TPSA) is 96.0 Å². The molecule has 0 saturated heterocycles. The number of aryl methyl sites for hydroxylation is 1. The summed E-state index contributed by atoms with van der Waals surface area (Å²) in [7, 11) is -1.31. The fourth-order valence-corrected chi connectivity index (χ4v) is 6.34. The summed E-state index contributed by atoms with van der Waals surface area (Å²) in [5.74, 6) is -0.712. The number of ether oxygens (including phenoxy) is 1. The maximum absolute atomic E-state index is 14.4. The molecule has 4 aromatic carbocycles. The van der Waals surface area contributed by atoms with Crippen LogP contribution in [0.2, 0.25) is 5.02 Å². The van der Waals surface area contributed by atoms with Gasteiger partial charge in [0.1, 0.15) is 18.3 Å². The summed E-state index contributed by atoms with van der Waals surface area (Å²) in [4.78, 5) is 29.1. The van der Waals surface area contributed by atoms with Crippen LogP contribution in [0.5, 0.6) is 5.75 Å². The van der Waals surface area contributed by atoms with E-state index in [1.165, 1.54) is 31.2 Å². The second-order valence-electron chi connectivity index (χ2n) is 9.93. The molecular weight excluding hydrogens is 586 g/mol. The molecule has 1 atom stereocenters. The van der Waals surface area contributed by atoms with Crippen LogP contribution in [0, 0.1) is 6.92 Å². The molecule has 0 saturated carbocycles. The molecule has 4 aromatic rings. The maximum Gasteiger partial charge on any atom is 0.264 e. The first-order valence-electron chi connectivity index (χ1n) is 13.7. The summed E-state index contributed by atoms with van der Waals surface area (Å²) in [5.41, 5.74) is 2.53. The van der Waals surface area contributed by atoms with Crippen LogP contribution in [0.3, 0.4) is 0 Å². The lowest BCUT2D eigenvalue weighted by atomic mass is 10.0. The molecule has 0 aliphatic heterocycles. The van der Waals surface area contributed by atoms with Gasteiger partial charge in [-0.25, -0.2) is 8.42 Å². The number of likely N-dealkylation sites (N-methyl/N-ethyl adjacent to an activating group) is 1. The molecule has 0 bridgehead atoms. The van der Waals surface area contributed by atoms with Gasteiger partial charge in [0.25, 0.3) is 10.0 Å². The fraction of sp³-hybridized carbons (Fsp3) is 0.212. The van der Waals surface area contributed by atoms with Gasteiger partial charge in [-0.2, -0.15) is 0 Å². The third kappa shape index (κ3) is 7.55. The van der Waals surface area contributed by atoms with Crippen LogP contribution in [-0.4, -0.2) is 51.9 Å². The molecule has 224 valence electrons. The van der Waals surface area contributed by atoms with Gasteiger partial charge in [0.05, 0.1) is 17.7 Å². The standard InChI is InChI=1S/C33H34ClN3O5S/c1-24-17-19-27(20-18-24)43(40,41)37(29-15-9-10-16-31(29)42-3)23-32(38)36(22-26-13-7-8-14-28(26)34)30(33(39)35-2)21-25-11-5-4-6-12-25/h4-20,30H,21-23H2,1-3H3,(H,35,39)/t30-/m1/s1. The van der Waals surface area contributed by atoms with Gasteiger partial charge in [-0.1, -0.05) is 90.0 Å². The Bertz CT molecular complexity index is 1660. The SMILES string of the molecule is CNC(=O)[C@@H](Cc1ccccc1)N(Cc1ccccc1Cl)C(=O)CN(c1ccccc1OC)S(=O)(=O)c1ccc(C)cc1. The second-order valence-corrected chi connectivity index (χ2v) is 12.2. The van der Waals surface area contributed by atoms with E-state index in [0.29, 0.717) is 10.6 Å². The molecule has 0 spiro atoms. The van der Waals surface area contributed by atoms with Gasteiger partial charge in [-0.3, -0.25) is 13.9 Å². The predicted octanol–water partition coefficient (Wildman–Crippen LogP) is 5.24. The summed E-state index contributed by atoms with van der Waals surface area (Å²) >= 11 is 6.50. The normalized spacial score (nSPS) is 11.8. The zero-order valence-corrected chi connectivity index (χ0v) is 25.8. The minimum Gasteiger partial charge on any atom is -0.495 e. The van der Waals surface area contributed by atoms with Crippen molar-refractivity contribution in [3.8, 4) is 5.75 Å². The molecule has 0 aliphatic carbocycles. The van der Waals surface area contributed by atoms with Gasteiger partial charge in [-0.05, 0) is 48.4 Å². The first-order chi connectivity index (χ1) is 20.6. The lowest BCUT2D eigenvalue weighted by Crippen LogP contribution is -2.53. The molecule has 0 radical (unpaired) electrons. The number of amides is 2. The number of carbonyl (C=O) groups is 2. The van der Waals surface area contributed by atoms with Gasteiger partial charge >= 0.3 is 0 Å². The van der Waals surface area contributed by atoms with Crippen LogP contribution >= 0.6 is 11.6 Å². The molecule has 43 heavy (non-hydrogen) atoms. The number of carbonyl (C=O) groups excluding carboxylic acids is 2. The van der Waals surface area contributed by atoms with Gasteiger partial charge in [0.2, 0.25) is 11.8 Å². The lowest BCUT2D eigenvalue weighted by molar-refractivity contribution is -0.139. The number of hydrogen-bond donors (Lipinski definition) is 1. The highest BCUT2D eigenvalue weighted by Crippen LogP contribution is 2.33. The van der Waals surface area contributed by atoms with Crippen LogP contribution < -0.4 is 14.4 Å². The highest BCUT2D eigenvalue weighted by atomic mass is 35.5. The van der Waals surface area contributed by atoms with E-state index >= 15 is 0 Å². The summed E-state index contributed by atoms with van der Waals surface area (Å²) < 4.78 is 34.8. The number of nitrogens with zero attached hydrogens (tertiary/aromatic N) is 2. The number of halogens is 1. The van der Waals surface area contributed by atoms with Crippen LogP contribution in [0.15, 0.2) is 108 Å². The Balaban J connectivity index is 1.82. The van der Waals surface area contributed by atoms with E-state index in [-0.39, 0.29) is 29.3 Å². The third-order valence-electron chi connectivity index (χ3n) is 7.06. The molecule has 0 aromatic heterocycles. The zero-order chi connectivity index (χ0) is 31.0. The van der Waals surface area contributed by atoms with Crippen molar-refractivity contribution >= 4 is 39.1 Å². The van der Waals surface area contributed by atoms with E-state index in [4.69, 9.17) is 16.3 Å². The molecule has 8 nitrogen and oxygen atoms in total. The summed E-state index contributed by atoms with van der Waals surface area (Å²) in [6.45, 7) is 1.24. The van der Waals surface area contributed by atoms with Crippen molar-refractivity contribution in [3.63, 3.8) is 0 Å². The van der Waals surface area contributed by atoms with Crippen molar-refractivity contribution in [1.29, 1.82) is 0 Å². The highest BCUT2D eigenvalue weighted by molar-refractivity contribution is 7.92. The van der Waals surface area contributed by atoms with Gasteiger partial charge in [0.15, 0.2) is 0 Å². The molecule has 0 aliphatic rings. The number of para-hydroxylation sites is 2. The number of benzene rings is 4. The first kappa shape index (κ1) is 31.6. The van der Waals surface area contributed by atoms with Gasteiger partial charge in [0, 0.05) is 25.0 Å². The lowest BCUT2D eigenvalue weighted by Gasteiger charge is -2.34. The van der Waals surface area contributed by atoms with E-state index in [2.05, 4.69) is 5.32 Å². The molecule has 2 amide bonds.